The van der Waals surface area contributed by atoms with Crippen molar-refractivity contribution in [3.8, 4) is 11.1 Å². The number of rotatable bonds is 4. The molecule has 4 rings (SSSR count). The van der Waals surface area contributed by atoms with Gasteiger partial charge in [-0.3, -0.25) is 9.59 Å². The second-order valence-electron chi connectivity index (χ2n) is 6.71. The van der Waals surface area contributed by atoms with E-state index in [2.05, 4.69) is 0 Å². The number of carbonyl (C=O) groups is 2. The van der Waals surface area contributed by atoms with Crippen molar-refractivity contribution >= 4 is 17.5 Å². The van der Waals surface area contributed by atoms with E-state index in [4.69, 9.17) is 10.5 Å². The summed E-state index contributed by atoms with van der Waals surface area (Å²) >= 11 is 0. The van der Waals surface area contributed by atoms with Crippen LogP contribution in [0.25, 0.3) is 11.1 Å². The van der Waals surface area contributed by atoms with Gasteiger partial charge in [0.2, 0.25) is 5.91 Å². The lowest BCUT2D eigenvalue weighted by molar-refractivity contribution is -0.123. The van der Waals surface area contributed by atoms with Crippen molar-refractivity contribution in [2.24, 2.45) is 5.73 Å². The molecule has 3 aromatic carbocycles. The van der Waals surface area contributed by atoms with Crippen LogP contribution in [0.3, 0.4) is 0 Å². The van der Waals surface area contributed by atoms with Gasteiger partial charge in [-0.2, -0.15) is 0 Å². The number of ether oxygens (including phenoxy) is 1. The summed E-state index contributed by atoms with van der Waals surface area (Å²) in [6.45, 7) is 0.826. The summed E-state index contributed by atoms with van der Waals surface area (Å²) in [6, 6.07) is 22.9. The predicted octanol–water partition coefficient (Wildman–Crippen LogP) is 3.52. The third-order valence-corrected chi connectivity index (χ3v) is 4.86. The number of hydrogen-bond acceptors (Lipinski definition) is 3. The molecule has 2 N–H and O–H groups in total. The van der Waals surface area contributed by atoms with E-state index < -0.39 is 5.91 Å². The van der Waals surface area contributed by atoms with E-state index in [-0.39, 0.29) is 12.5 Å². The van der Waals surface area contributed by atoms with Gasteiger partial charge in [-0.05, 0) is 34.9 Å². The number of benzene rings is 3. The van der Waals surface area contributed by atoms with E-state index in [0.717, 1.165) is 27.9 Å². The second kappa shape index (κ2) is 7.66. The molecular weight excluding hydrogens is 352 g/mol. The fourth-order valence-corrected chi connectivity index (χ4v) is 3.48. The molecule has 1 aliphatic rings. The Hall–Kier alpha value is -3.44. The summed E-state index contributed by atoms with van der Waals surface area (Å²) in [6.07, 6.45) is 0. The highest BCUT2D eigenvalue weighted by Crippen LogP contribution is 2.35. The molecule has 0 aromatic heterocycles. The van der Waals surface area contributed by atoms with Gasteiger partial charge < -0.3 is 15.4 Å². The van der Waals surface area contributed by atoms with Gasteiger partial charge in [0.25, 0.3) is 5.91 Å². The quantitative estimate of drug-likeness (QED) is 0.762. The van der Waals surface area contributed by atoms with Crippen LogP contribution in [-0.4, -0.2) is 18.4 Å². The first kappa shape index (κ1) is 17.9. The summed E-state index contributed by atoms with van der Waals surface area (Å²) < 4.78 is 5.66. The maximum Gasteiger partial charge on any atom is 0.253 e. The number of carbonyl (C=O) groups excluding carboxylic acids is 2. The van der Waals surface area contributed by atoms with E-state index >= 15 is 0 Å². The number of hydrogen-bond donors (Lipinski definition) is 1. The van der Waals surface area contributed by atoms with Crippen molar-refractivity contribution in [1.29, 1.82) is 0 Å². The Morgan fingerprint density at radius 2 is 1.75 bits per heavy atom. The highest BCUT2D eigenvalue weighted by atomic mass is 16.5. The fraction of sp³-hybridized carbons (Fsp3) is 0.130. The summed E-state index contributed by atoms with van der Waals surface area (Å²) in [5.41, 5.74) is 10.5. The van der Waals surface area contributed by atoms with Crippen molar-refractivity contribution in [2.45, 2.75) is 13.2 Å². The largest absolute Gasteiger partial charge is 0.367 e. The average molecular weight is 372 g/mol. The van der Waals surface area contributed by atoms with Crippen LogP contribution in [0.15, 0.2) is 72.8 Å². The molecule has 0 aliphatic carbocycles. The number of anilines is 1. The minimum atomic E-state index is -0.471. The number of fused-ring (bicyclic) bond motifs is 1. The normalized spacial score (nSPS) is 13.7. The van der Waals surface area contributed by atoms with E-state index in [1.807, 2.05) is 54.6 Å². The third-order valence-electron chi connectivity index (χ3n) is 4.86. The molecule has 0 unspecified atom stereocenters. The molecule has 3 aromatic rings. The molecule has 2 amide bonds. The number of nitrogens with two attached hydrogens (primary N) is 1. The first-order valence-electron chi connectivity index (χ1n) is 9.07. The molecule has 0 fully saturated rings. The molecular formula is C23H20N2O3. The van der Waals surface area contributed by atoms with Crippen molar-refractivity contribution < 1.29 is 14.3 Å². The van der Waals surface area contributed by atoms with Gasteiger partial charge in [-0.25, -0.2) is 0 Å². The number of primary amides is 1. The Labute approximate surface area is 163 Å². The smallest absolute Gasteiger partial charge is 0.253 e. The molecule has 0 atom stereocenters. The second-order valence-corrected chi connectivity index (χ2v) is 6.71. The Kier molecular flexibility index (Phi) is 4.91. The van der Waals surface area contributed by atoms with Crippen LogP contribution < -0.4 is 10.6 Å². The molecule has 0 radical (unpaired) electrons. The minimum Gasteiger partial charge on any atom is -0.367 e. The minimum absolute atomic E-state index is 0.0300. The lowest BCUT2D eigenvalue weighted by Gasteiger charge is -2.24. The lowest BCUT2D eigenvalue weighted by Crippen LogP contribution is -2.32. The predicted molar refractivity (Wildman–Crippen MR) is 108 cm³/mol. The van der Waals surface area contributed by atoms with Gasteiger partial charge in [0.1, 0.15) is 6.61 Å². The first-order valence-corrected chi connectivity index (χ1v) is 9.07. The summed E-state index contributed by atoms with van der Waals surface area (Å²) in [7, 11) is 0. The summed E-state index contributed by atoms with van der Waals surface area (Å²) in [5.74, 6) is -0.549. The van der Waals surface area contributed by atoms with E-state index in [1.165, 1.54) is 0 Å². The zero-order valence-corrected chi connectivity index (χ0v) is 15.3. The molecule has 1 heterocycles. The van der Waals surface area contributed by atoms with E-state index in [0.29, 0.717) is 18.7 Å². The standard InChI is InChI=1S/C23H20N2O3/c24-23(27)18-9-4-8-17(12-18)19-10-5-11-21-20(19)14-28-15-22(26)25(21)13-16-6-2-1-3-7-16/h1-12H,13-15H2,(H2,24,27). The van der Waals surface area contributed by atoms with Crippen molar-refractivity contribution in [1.82, 2.24) is 0 Å². The third kappa shape index (κ3) is 3.52. The van der Waals surface area contributed by atoms with E-state index in [1.54, 1.807) is 23.1 Å². The molecule has 0 saturated carbocycles. The first-order chi connectivity index (χ1) is 13.6. The molecule has 0 bridgehead atoms. The maximum absolute atomic E-state index is 12.7. The maximum atomic E-state index is 12.7. The van der Waals surface area contributed by atoms with Crippen LogP contribution in [0.1, 0.15) is 21.5 Å². The van der Waals surface area contributed by atoms with Crippen LogP contribution in [0, 0.1) is 0 Å². The zero-order chi connectivity index (χ0) is 19.5. The fourth-order valence-electron chi connectivity index (χ4n) is 3.48. The van der Waals surface area contributed by atoms with Gasteiger partial charge in [-0.1, -0.05) is 54.6 Å². The van der Waals surface area contributed by atoms with Gasteiger partial charge in [0.15, 0.2) is 0 Å². The lowest BCUT2D eigenvalue weighted by atomic mass is 9.96. The van der Waals surface area contributed by atoms with Crippen LogP contribution in [0.2, 0.25) is 0 Å². The van der Waals surface area contributed by atoms with Gasteiger partial charge in [0, 0.05) is 11.1 Å². The van der Waals surface area contributed by atoms with Gasteiger partial charge in [0.05, 0.1) is 18.8 Å². The highest BCUT2D eigenvalue weighted by Gasteiger charge is 2.25. The Bertz CT molecular complexity index is 1030. The number of nitrogens with zero attached hydrogens (tertiary/aromatic N) is 1. The monoisotopic (exact) mass is 372 g/mol. The Morgan fingerprint density at radius 3 is 2.54 bits per heavy atom. The van der Waals surface area contributed by atoms with Crippen molar-refractivity contribution in [2.75, 3.05) is 11.5 Å². The zero-order valence-electron chi connectivity index (χ0n) is 15.3. The average Bonchev–Trinajstić information content (AvgIpc) is 2.88. The molecule has 140 valence electrons. The van der Waals surface area contributed by atoms with Gasteiger partial charge in [-0.15, -0.1) is 0 Å². The van der Waals surface area contributed by atoms with E-state index in [9.17, 15) is 9.59 Å². The molecule has 5 nitrogen and oxygen atoms in total. The Morgan fingerprint density at radius 1 is 0.964 bits per heavy atom. The SMILES string of the molecule is NC(=O)c1cccc(-c2cccc3c2COCC(=O)N3Cc2ccccc2)c1. The Balaban J connectivity index is 1.80. The van der Waals surface area contributed by atoms with Crippen LogP contribution in [0.5, 0.6) is 0 Å². The molecule has 0 saturated heterocycles. The van der Waals surface area contributed by atoms with Crippen LogP contribution >= 0.6 is 0 Å². The highest BCUT2D eigenvalue weighted by molar-refractivity contribution is 5.97. The molecule has 5 heteroatoms. The summed E-state index contributed by atoms with van der Waals surface area (Å²) in [5, 5.41) is 0. The molecule has 28 heavy (non-hydrogen) atoms. The molecule has 1 aliphatic heterocycles. The van der Waals surface area contributed by atoms with Crippen LogP contribution in [0.4, 0.5) is 5.69 Å². The van der Waals surface area contributed by atoms with Gasteiger partial charge >= 0.3 is 0 Å². The number of amides is 2. The van der Waals surface area contributed by atoms with Crippen LogP contribution in [-0.2, 0) is 22.7 Å². The molecule has 0 spiro atoms. The van der Waals surface area contributed by atoms with Crippen molar-refractivity contribution in [3.63, 3.8) is 0 Å². The topological polar surface area (TPSA) is 72.6 Å². The summed E-state index contributed by atoms with van der Waals surface area (Å²) in [4.78, 5) is 26.0. The van der Waals surface area contributed by atoms with Crippen molar-refractivity contribution in [3.05, 3.63) is 89.5 Å².